The van der Waals surface area contributed by atoms with Gasteiger partial charge in [-0.15, -0.1) is 0 Å². The molecular weight excluding hydrogens is 282 g/mol. The molecule has 3 aromatic rings. The first-order valence-corrected chi connectivity index (χ1v) is 7.30. The standard InChI is InChI=1S/C17H18ClN3/c1-12-8-13-9-16(20(2)3)6-7-17(13)21(12)11-15-5-4-14(18)10-19-15/h4-10H,11H2,1-3H3. The molecule has 3 nitrogen and oxygen atoms in total. The molecule has 108 valence electrons. The second-order valence-corrected chi connectivity index (χ2v) is 5.91. The third kappa shape index (κ3) is 2.74. The van der Waals surface area contributed by atoms with Crippen molar-refractivity contribution >= 4 is 28.2 Å². The van der Waals surface area contributed by atoms with E-state index in [1.165, 1.54) is 22.3 Å². The summed E-state index contributed by atoms with van der Waals surface area (Å²) < 4.78 is 2.28. The van der Waals surface area contributed by atoms with Gasteiger partial charge in [-0.3, -0.25) is 4.98 Å². The van der Waals surface area contributed by atoms with Gasteiger partial charge in [0.2, 0.25) is 0 Å². The molecule has 0 bridgehead atoms. The Morgan fingerprint density at radius 1 is 1.14 bits per heavy atom. The first-order chi connectivity index (χ1) is 10.0. The fourth-order valence-electron chi connectivity index (χ4n) is 2.55. The number of nitrogens with zero attached hydrogens (tertiary/aromatic N) is 3. The van der Waals surface area contributed by atoms with Crippen LogP contribution in [-0.2, 0) is 6.54 Å². The molecule has 0 atom stereocenters. The summed E-state index contributed by atoms with van der Waals surface area (Å²) in [7, 11) is 4.12. The summed E-state index contributed by atoms with van der Waals surface area (Å²) >= 11 is 5.89. The number of aromatic nitrogens is 2. The molecule has 0 aliphatic rings. The highest BCUT2D eigenvalue weighted by Crippen LogP contribution is 2.25. The Kier molecular flexibility index (Phi) is 3.60. The molecule has 0 N–H and O–H groups in total. The van der Waals surface area contributed by atoms with Crippen molar-refractivity contribution < 1.29 is 0 Å². The largest absolute Gasteiger partial charge is 0.378 e. The van der Waals surface area contributed by atoms with E-state index in [-0.39, 0.29) is 0 Å². The summed E-state index contributed by atoms with van der Waals surface area (Å²) in [5.74, 6) is 0. The van der Waals surface area contributed by atoms with Crippen LogP contribution in [0.2, 0.25) is 5.02 Å². The molecule has 0 aliphatic carbocycles. The third-order valence-electron chi connectivity index (χ3n) is 3.72. The van der Waals surface area contributed by atoms with Crippen LogP contribution in [0.5, 0.6) is 0 Å². The number of benzene rings is 1. The maximum atomic E-state index is 5.89. The predicted octanol–water partition coefficient (Wildman–Crippen LogP) is 4.11. The van der Waals surface area contributed by atoms with E-state index in [9.17, 15) is 0 Å². The summed E-state index contributed by atoms with van der Waals surface area (Å²) in [6.07, 6.45) is 1.70. The van der Waals surface area contributed by atoms with Crippen LogP contribution in [0.4, 0.5) is 5.69 Å². The lowest BCUT2D eigenvalue weighted by molar-refractivity contribution is 0.780. The zero-order valence-electron chi connectivity index (χ0n) is 12.5. The van der Waals surface area contributed by atoms with Gasteiger partial charge in [-0.2, -0.15) is 0 Å². The molecule has 2 aromatic heterocycles. The Balaban J connectivity index is 2.02. The van der Waals surface area contributed by atoms with Crippen LogP contribution in [0, 0.1) is 6.92 Å². The minimum absolute atomic E-state index is 0.670. The fourth-order valence-corrected chi connectivity index (χ4v) is 2.66. The van der Waals surface area contributed by atoms with Crippen LogP contribution in [0.25, 0.3) is 10.9 Å². The van der Waals surface area contributed by atoms with E-state index in [0.717, 1.165) is 12.2 Å². The monoisotopic (exact) mass is 299 g/mol. The van der Waals surface area contributed by atoms with Crippen molar-refractivity contribution in [3.05, 3.63) is 59.0 Å². The average Bonchev–Trinajstić information content (AvgIpc) is 2.76. The second-order valence-electron chi connectivity index (χ2n) is 5.48. The van der Waals surface area contributed by atoms with Gasteiger partial charge in [-0.25, -0.2) is 0 Å². The van der Waals surface area contributed by atoms with Crippen LogP contribution in [0.3, 0.4) is 0 Å². The number of hydrogen-bond acceptors (Lipinski definition) is 2. The third-order valence-corrected chi connectivity index (χ3v) is 3.94. The Hall–Kier alpha value is -2.00. The van der Waals surface area contributed by atoms with E-state index < -0.39 is 0 Å². The van der Waals surface area contributed by atoms with Gasteiger partial charge < -0.3 is 9.47 Å². The van der Waals surface area contributed by atoms with Crippen LogP contribution in [-0.4, -0.2) is 23.6 Å². The molecule has 21 heavy (non-hydrogen) atoms. The van der Waals surface area contributed by atoms with Gasteiger partial charge in [0.25, 0.3) is 0 Å². The topological polar surface area (TPSA) is 21.1 Å². The summed E-state index contributed by atoms with van der Waals surface area (Å²) in [6.45, 7) is 2.89. The smallest absolute Gasteiger partial charge is 0.0651 e. The summed E-state index contributed by atoms with van der Waals surface area (Å²) in [5, 5.41) is 1.93. The van der Waals surface area contributed by atoms with Crippen molar-refractivity contribution in [3.8, 4) is 0 Å². The number of halogens is 1. The van der Waals surface area contributed by atoms with Crippen molar-refractivity contribution in [2.24, 2.45) is 0 Å². The van der Waals surface area contributed by atoms with E-state index in [1.807, 2.05) is 12.1 Å². The molecule has 0 amide bonds. The highest BCUT2D eigenvalue weighted by molar-refractivity contribution is 6.30. The molecule has 0 unspecified atom stereocenters. The number of rotatable bonds is 3. The lowest BCUT2D eigenvalue weighted by Gasteiger charge is -2.13. The molecule has 0 saturated carbocycles. The normalized spacial score (nSPS) is 11.0. The molecule has 0 saturated heterocycles. The molecule has 3 rings (SSSR count). The molecule has 0 fully saturated rings. The molecule has 0 spiro atoms. The maximum absolute atomic E-state index is 5.89. The molecule has 4 heteroatoms. The average molecular weight is 300 g/mol. The number of anilines is 1. The Morgan fingerprint density at radius 3 is 2.62 bits per heavy atom. The van der Waals surface area contributed by atoms with Gasteiger partial charge >= 0.3 is 0 Å². The zero-order valence-corrected chi connectivity index (χ0v) is 13.2. The summed E-state index contributed by atoms with van der Waals surface area (Å²) in [5.41, 5.74) is 4.69. The van der Waals surface area contributed by atoms with Crippen LogP contribution in [0.15, 0.2) is 42.6 Å². The minimum atomic E-state index is 0.670. The van der Waals surface area contributed by atoms with E-state index in [1.54, 1.807) is 6.20 Å². The molecule has 0 radical (unpaired) electrons. The number of fused-ring (bicyclic) bond motifs is 1. The quantitative estimate of drug-likeness (QED) is 0.725. The number of hydrogen-bond donors (Lipinski definition) is 0. The predicted molar refractivity (Wildman–Crippen MR) is 89.4 cm³/mol. The van der Waals surface area contributed by atoms with Crippen molar-refractivity contribution in [1.29, 1.82) is 0 Å². The molecule has 0 aliphatic heterocycles. The SMILES string of the molecule is Cc1cc2cc(N(C)C)ccc2n1Cc1ccc(Cl)cn1. The Labute approximate surface area is 129 Å². The highest BCUT2D eigenvalue weighted by Gasteiger charge is 2.08. The number of aryl methyl sites for hydroxylation is 1. The zero-order chi connectivity index (χ0) is 15.0. The number of pyridine rings is 1. The molecular formula is C17H18ClN3. The molecule has 1 aromatic carbocycles. The van der Waals surface area contributed by atoms with Gasteiger partial charge in [0, 0.05) is 42.6 Å². The fraction of sp³-hybridized carbons (Fsp3) is 0.235. The second kappa shape index (κ2) is 5.41. The van der Waals surface area contributed by atoms with Gasteiger partial charge in [-0.1, -0.05) is 11.6 Å². The summed E-state index contributed by atoms with van der Waals surface area (Å²) in [6, 6.07) is 12.6. The Morgan fingerprint density at radius 2 is 1.95 bits per heavy atom. The van der Waals surface area contributed by atoms with Gasteiger partial charge in [0.1, 0.15) is 0 Å². The van der Waals surface area contributed by atoms with E-state index in [4.69, 9.17) is 11.6 Å². The van der Waals surface area contributed by atoms with E-state index >= 15 is 0 Å². The first kappa shape index (κ1) is 14.0. The lowest BCUT2D eigenvalue weighted by Crippen LogP contribution is -2.08. The van der Waals surface area contributed by atoms with Crippen molar-refractivity contribution in [2.75, 3.05) is 19.0 Å². The maximum Gasteiger partial charge on any atom is 0.0651 e. The van der Waals surface area contributed by atoms with Gasteiger partial charge in [0.15, 0.2) is 0 Å². The summed E-state index contributed by atoms with van der Waals surface area (Å²) in [4.78, 5) is 6.50. The van der Waals surface area contributed by atoms with Gasteiger partial charge in [0.05, 0.1) is 17.3 Å². The lowest BCUT2D eigenvalue weighted by atomic mass is 10.2. The Bertz CT molecular complexity index is 773. The molecule has 2 heterocycles. The van der Waals surface area contributed by atoms with E-state index in [0.29, 0.717) is 5.02 Å². The first-order valence-electron chi connectivity index (χ1n) is 6.92. The highest BCUT2D eigenvalue weighted by atomic mass is 35.5. The minimum Gasteiger partial charge on any atom is -0.378 e. The van der Waals surface area contributed by atoms with Crippen molar-refractivity contribution in [1.82, 2.24) is 9.55 Å². The van der Waals surface area contributed by atoms with Crippen LogP contribution < -0.4 is 4.90 Å². The van der Waals surface area contributed by atoms with Gasteiger partial charge in [-0.05, 0) is 43.3 Å². The van der Waals surface area contributed by atoms with E-state index in [2.05, 4.69) is 59.7 Å². The van der Waals surface area contributed by atoms with Crippen LogP contribution in [0.1, 0.15) is 11.4 Å². The van der Waals surface area contributed by atoms with Crippen molar-refractivity contribution in [3.63, 3.8) is 0 Å². The van der Waals surface area contributed by atoms with Crippen molar-refractivity contribution in [2.45, 2.75) is 13.5 Å². The van der Waals surface area contributed by atoms with Crippen LogP contribution >= 0.6 is 11.6 Å².